The Balaban J connectivity index is 1.80. The van der Waals surface area contributed by atoms with Crippen molar-refractivity contribution in [3.05, 3.63) is 59.6 Å². The molecule has 1 aliphatic heterocycles. The standard InChI is InChI=1S/C26H36FN3O5/c1-26(2,3)35-25(34)30-10-9-29(16-18-7-5-4-6-8-18)24(33)23(30)15-21(28-17-31)12-19-11-20(27)14-22(32)13-19/h4-8,11,14,19,21,23,28,31-32H,9-10,12-13,15-17H2,1-3H3/t19?,21-,23-/m0/s1. The molecule has 0 radical (unpaired) electrons. The molecule has 0 bridgehead atoms. The molecular weight excluding hydrogens is 453 g/mol. The molecule has 9 heteroatoms. The van der Waals surface area contributed by atoms with Gasteiger partial charge in [-0.3, -0.25) is 15.0 Å². The number of amides is 2. The van der Waals surface area contributed by atoms with Crippen LogP contribution in [0.15, 0.2) is 54.1 Å². The van der Waals surface area contributed by atoms with E-state index < -0.39 is 29.6 Å². The van der Waals surface area contributed by atoms with Crippen molar-refractivity contribution >= 4 is 12.0 Å². The molecule has 0 saturated carbocycles. The summed E-state index contributed by atoms with van der Waals surface area (Å²) in [5, 5.41) is 22.4. The summed E-state index contributed by atoms with van der Waals surface area (Å²) >= 11 is 0. The molecule has 0 aromatic heterocycles. The van der Waals surface area contributed by atoms with Crippen LogP contribution in [0.3, 0.4) is 0 Å². The number of allylic oxidation sites excluding steroid dienone is 4. The normalized spacial score (nSPS) is 21.9. The second-order valence-corrected chi connectivity index (χ2v) is 10.1. The van der Waals surface area contributed by atoms with Crippen LogP contribution in [0, 0.1) is 5.92 Å². The summed E-state index contributed by atoms with van der Waals surface area (Å²) in [4.78, 5) is 29.8. The Morgan fingerprint density at radius 3 is 2.57 bits per heavy atom. The van der Waals surface area contributed by atoms with Crippen LogP contribution in [0.25, 0.3) is 0 Å². The Morgan fingerprint density at radius 2 is 1.94 bits per heavy atom. The van der Waals surface area contributed by atoms with Crippen molar-refractivity contribution in [2.24, 2.45) is 5.92 Å². The molecular formula is C26H36FN3O5. The number of rotatable bonds is 8. The monoisotopic (exact) mass is 489 g/mol. The topological polar surface area (TPSA) is 102 Å². The Bertz CT molecular complexity index is 944. The Morgan fingerprint density at radius 1 is 1.23 bits per heavy atom. The molecule has 1 saturated heterocycles. The van der Waals surface area contributed by atoms with Crippen molar-refractivity contribution in [2.45, 2.75) is 64.3 Å². The molecule has 8 nitrogen and oxygen atoms in total. The van der Waals surface area contributed by atoms with Crippen LogP contribution in [0.4, 0.5) is 9.18 Å². The van der Waals surface area contributed by atoms with Crippen LogP contribution < -0.4 is 5.32 Å². The smallest absolute Gasteiger partial charge is 0.411 e. The minimum absolute atomic E-state index is 0.0455. The molecule has 2 amide bonds. The van der Waals surface area contributed by atoms with Gasteiger partial charge in [0.2, 0.25) is 5.91 Å². The summed E-state index contributed by atoms with van der Waals surface area (Å²) in [6.07, 6.45) is 2.80. The lowest BCUT2D eigenvalue weighted by atomic mass is 9.88. The fourth-order valence-electron chi connectivity index (χ4n) is 4.56. The number of halogens is 1. The predicted octanol–water partition coefficient (Wildman–Crippen LogP) is 3.64. The third kappa shape index (κ3) is 7.80. The highest BCUT2D eigenvalue weighted by Crippen LogP contribution is 2.28. The highest BCUT2D eigenvalue weighted by atomic mass is 19.1. The number of nitrogens with zero attached hydrogens (tertiary/aromatic N) is 2. The van der Waals surface area contributed by atoms with E-state index in [4.69, 9.17) is 4.74 Å². The first-order valence-corrected chi connectivity index (χ1v) is 12.0. The van der Waals surface area contributed by atoms with Crippen LogP contribution >= 0.6 is 0 Å². The van der Waals surface area contributed by atoms with E-state index >= 15 is 0 Å². The molecule has 3 rings (SSSR count). The van der Waals surface area contributed by atoms with Gasteiger partial charge in [-0.2, -0.15) is 0 Å². The van der Waals surface area contributed by atoms with Gasteiger partial charge in [0.25, 0.3) is 0 Å². The molecule has 1 aromatic rings. The summed E-state index contributed by atoms with van der Waals surface area (Å²) < 4.78 is 19.4. The van der Waals surface area contributed by atoms with E-state index in [1.165, 1.54) is 11.0 Å². The quantitative estimate of drug-likeness (QED) is 0.482. The van der Waals surface area contributed by atoms with E-state index in [0.29, 0.717) is 26.1 Å². The predicted molar refractivity (Wildman–Crippen MR) is 130 cm³/mol. The Hall–Kier alpha value is -2.91. The van der Waals surface area contributed by atoms with E-state index in [1.807, 2.05) is 30.3 Å². The first-order valence-electron chi connectivity index (χ1n) is 12.0. The van der Waals surface area contributed by atoms with Crippen LogP contribution in [0.1, 0.15) is 45.6 Å². The lowest BCUT2D eigenvalue weighted by Crippen LogP contribution is -2.60. The Labute approximate surface area is 206 Å². The van der Waals surface area contributed by atoms with Crippen LogP contribution in [0.2, 0.25) is 0 Å². The van der Waals surface area contributed by atoms with Crippen molar-refractivity contribution < 1.29 is 28.9 Å². The zero-order valence-electron chi connectivity index (χ0n) is 20.6. The van der Waals surface area contributed by atoms with Gasteiger partial charge in [0, 0.05) is 38.2 Å². The average molecular weight is 490 g/mol. The number of carbonyl (C=O) groups excluding carboxylic acids is 2. The average Bonchev–Trinajstić information content (AvgIpc) is 2.75. The molecule has 1 aromatic carbocycles. The van der Waals surface area contributed by atoms with Gasteiger partial charge in [-0.1, -0.05) is 30.3 Å². The van der Waals surface area contributed by atoms with Crippen LogP contribution in [-0.4, -0.2) is 69.5 Å². The maximum atomic E-state index is 13.8. The van der Waals surface area contributed by atoms with Crippen LogP contribution in [0.5, 0.6) is 0 Å². The van der Waals surface area contributed by atoms with Gasteiger partial charge < -0.3 is 19.8 Å². The molecule has 1 heterocycles. The van der Waals surface area contributed by atoms with Gasteiger partial charge in [-0.15, -0.1) is 0 Å². The molecule has 1 aliphatic carbocycles. The summed E-state index contributed by atoms with van der Waals surface area (Å²) in [6, 6.07) is 8.41. The maximum Gasteiger partial charge on any atom is 0.411 e. The second-order valence-electron chi connectivity index (χ2n) is 10.1. The Kier molecular flexibility index (Phi) is 8.91. The molecule has 35 heavy (non-hydrogen) atoms. The highest BCUT2D eigenvalue weighted by Gasteiger charge is 2.40. The molecule has 2 aliphatic rings. The van der Waals surface area contributed by atoms with Gasteiger partial charge in [0.15, 0.2) is 0 Å². The largest absolute Gasteiger partial charge is 0.512 e. The summed E-state index contributed by atoms with van der Waals surface area (Å²) in [5.74, 6) is -1.07. The minimum atomic E-state index is -0.812. The van der Waals surface area contributed by atoms with Crippen LogP contribution in [-0.2, 0) is 16.1 Å². The fraction of sp³-hybridized carbons (Fsp3) is 0.538. The second kappa shape index (κ2) is 11.7. The fourth-order valence-corrected chi connectivity index (χ4v) is 4.56. The number of piperazine rings is 1. The van der Waals surface area contributed by atoms with Gasteiger partial charge in [0.1, 0.15) is 17.5 Å². The van der Waals surface area contributed by atoms with Crippen molar-refractivity contribution in [3.63, 3.8) is 0 Å². The number of hydrogen-bond acceptors (Lipinski definition) is 6. The van der Waals surface area contributed by atoms with Gasteiger partial charge in [-0.05, 0) is 51.2 Å². The first-order chi connectivity index (χ1) is 16.6. The number of carbonyl (C=O) groups is 2. The van der Waals surface area contributed by atoms with Crippen molar-refractivity contribution in [1.29, 1.82) is 0 Å². The summed E-state index contributed by atoms with van der Waals surface area (Å²) in [6.45, 7) is 6.08. The number of aliphatic hydroxyl groups is 2. The van der Waals surface area contributed by atoms with E-state index in [0.717, 1.165) is 11.6 Å². The number of aliphatic hydroxyl groups excluding tert-OH is 2. The number of benzene rings is 1. The van der Waals surface area contributed by atoms with Gasteiger partial charge in [-0.25, -0.2) is 9.18 Å². The molecule has 0 spiro atoms. The number of nitrogens with one attached hydrogen (secondary N) is 1. The van der Waals surface area contributed by atoms with E-state index in [1.54, 1.807) is 25.7 Å². The molecule has 3 atom stereocenters. The lowest BCUT2D eigenvalue weighted by Gasteiger charge is -2.42. The van der Waals surface area contributed by atoms with E-state index in [2.05, 4.69) is 5.32 Å². The zero-order valence-corrected chi connectivity index (χ0v) is 20.6. The maximum absolute atomic E-state index is 13.8. The van der Waals surface area contributed by atoms with Gasteiger partial charge >= 0.3 is 6.09 Å². The SMILES string of the molecule is CC(C)(C)OC(=O)N1CCN(Cc2ccccc2)C(=O)[C@@H]1C[C@H](CC1C=C(F)C=C(O)C1)NCO. The van der Waals surface area contributed by atoms with Gasteiger partial charge in [0.05, 0.1) is 12.5 Å². The van der Waals surface area contributed by atoms with E-state index in [-0.39, 0.29) is 37.2 Å². The third-order valence-corrected chi connectivity index (χ3v) is 6.07. The summed E-state index contributed by atoms with van der Waals surface area (Å²) in [7, 11) is 0. The number of ether oxygens (including phenoxy) is 1. The van der Waals surface area contributed by atoms with E-state index in [9.17, 15) is 24.2 Å². The molecule has 1 unspecified atom stereocenters. The van der Waals surface area contributed by atoms with Crippen molar-refractivity contribution in [1.82, 2.24) is 15.1 Å². The van der Waals surface area contributed by atoms with Crippen molar-refractivity contribution in [3.8, 4) is 0 Å². The zero-order chi connectivity index (χ0) is 25.6. The summed E-state index contributed by atoms with van der Waals surface area (Å²) in [5.41, 5.74) is 0.267. The first kappa shape index (κ1) is 26.7. The van der Waals surface area contributed by atoms with Crippen molar-refractivity contribution in [2.75, 3.05) is 19.8 Å². The minimum Gasteiger partial charge on any atom is -0.512 e. The highest BCUT2D eigenvalue weighted by molar-refractivity contribution is 5.87. The lowest BCUT2D eigenvalue weighted by molar-refractivity contribution is -0.143. The molecule has 192 valence electrons. The molecule has 3 N–H and O–H groups in total. The number of hydrogen-bond donors (Lipinski definition) is 3. The molecule has 1 fully saturated rings. The third-order valence-electron chi connectivity index (χ3n) is 6.07.